The predicted octanol–water partition coefficient (Wildman–Crippen LogP) is 3.83. The lowest BCUT2D eigenvalue weighted by molar-refractivity contribution is -0.114. The Balaban J connectivity index is 1.66. The molecule has 0 radical (unpaired) electrons. The van der Waals surface area contributed by atoms with Crippen LogP contribution in [0.1, 0.15) is 25.3 Å². The van der Waals surface area contributed by atoms with Crippen molar-refractivity contribution in [3.05, 3.63) is 88.8 Å². The van der Waals surface area contributed by atoms with Crippen molar-refractivity contribution >= 4 is 38.3 Å². The highest BCUT2D eigenvalue weighted by Crippen LogP contribution is 2.26. The standard InChI is InChI=1S/C26H28N4O4S/c1-18(2)19-10-13-21(14-11-19)30(35(33,34)22-8-6-5-7-9-22)17-25(31)27-20-12-15-23-24(16-20)29(4)26(32)28(23)3/h5-16,18H,17H2,1-4H3,(H,27,31). The van der Waals surface area contributed by atoms with Gasteiger partial charge >= 0.3 is 5.69 Å². The summed E-state index contributed by atoms with van der Waals surface area (Å²) < 4.78 is 31.1. The molecule has 0 bridgehead atoms. The van der Waals surface area contributed by atoms with E-state index in [9.17, 15) is 18.0 Å². The van der Waals surface area contributed by atoms with Crippen LogP contribution in [0.15, 0.2) is 82.5 Å². The number of aryl methyl sites for hydroxylation is 2. The number of nitrogens with one attached hydrogen (secondary N) is 1. The number of benzene rings is 3. The molecule has 0 saturated carbocycles. The van der Waals surface area contributed by atoms with Gasteiger partial charge in [-0.15, -0.1) is 0 Å². The minimum atomic E-state index is -3.99. The average molecular weight is 493 g/mol. The lowest BCUT2D eigenvalue weighted by atomic mass is 10.0. The van der Waals surface area contributed by atoms with Crippen LogP contribution in [0.2, 0.25) is 0 Å². The molecule has 1 heterocycles. The highest BCUT2D eigenvalue weighted by atomic mass is 32.2. The number of fused-ring (bicyclic) bond motifs is 1. The summed E-state index contributed by atoms with van der Waals surface area (Å²) in [5.41, 5.74) is 3.15. The molecule has 0 unspecified atom stereocenters. The Morgan fingerprint density at radius 1 is 0.914 bits per heavy atom. The molecule has 4 rings (SSSR count). The van der Waals surface area contributed by atoms with Gasteiger partial charge in [-0.05, 0) is 53.9 Å². The Morgan fingerprint density at radius 2 is 1.54 bits per heavy atom. The molecular formula is C26H28N4O4S. The highest BCUT2D eigenvalue weighted by Gasteiger charge is 2.27. The van der Waals surface area contributed by atoms with Crippen molar-refractivity contribution in [2.45, 2.75) is 24.7 Å². The van der Waals surface area contributed by atoms with Gasteiger partial charge < -0.3 is 5.32 Å². The van der Waals surface area contributed by atoms with E-state index in [1.165, 1.54) is 21.3 Å². The van der Waals surface area contributed by atoms with Crippen molar-refractivity contribution in [2.24, 2.45) is 14.1 Å². The summed E-state index contributed by atoms with van der Waals surface area (Å²) in [6.45, 7) is 3.70. The smallest absolute Gasteiger partial charge is 0.324 e. The number of nitrogens with zero attached hydrogens (tertiary/aromatic N) is 3. The van der Waals surface area contributed by atoms with Crippen LogP contribution in [-0.4, -0.2) is 30.0 Å². The molecule has 8 nitrogen and oxygen atoms in total. The van der Waals surface area contributed by atoms with Gasteiger partial charge in [0, 0.05) is 19.8 Å². The lowest BCUT2D eigenvalue weighted by Crippen LogP contribution is -2.38. The molecule has 4 aromatic rings. The molecule has 182 valence electrons. The maximum atomic E-state index is 13.5. The second-order valence-electron chi connectivity index (χ2n) is 8.72. The quantitative estimate of drug-likeness (QED) is 0.424. The normalized spacial score (nSPS) is 11.7. The van der Waals surface area contributed by atoms with E-state index >= 15 is 0 Å². The van der Waals surface area contributed by atoms with Gasteiger partial charge in [-0.3, -0.25) is 18.2 Å². The van der Waals surface area contributed by atoms with E-state index in [1.807, 2.05) is 12.1 Å². The zero-order valence-corrected chi connectivity index (χ0v) is 20.9. The summed E-state index contributed by atoms with van der Waals surface area (Å²) in [6, 6.07) is 20.3. The SMILES string of the molecule is CC(C)c1ccc(N(CC(=O)Nc2ccc3c(c2)n(C)c(=O)n3C)S(=O)(=O)c2ccccc2)cc1. The Bertz CT molecular complexity index is 1540. The monoisotopic (exact) mass is 492 g/mol. The molecule has 0 aliphatic heterocycles. The Kier molecular flexibility index (Phi) is 6.53. The van der Waals surface area contributed by atoms with Crippen LogP contribution in [0.5, 0.6) is 0 Å². The molecule has 9 heteroatoms. The third-order valence-electron chi connectivity index (χ3n) is 6.02. The third-order valence-corrected chi connectivity index (χ3v) is 7.81. The fraction of sp³-hybridized carbons (Fsp3) is 0.231. The number of anilines is 2. The van der Waals surface area contributed by atoms with Gasteiger partial charge in [-0.25, -0.2) is 13.2 Å². The zero-order valence-electron chi connectivity index (χ0n) is 20.1. The second kappa shape index (κ2) is 9.42. The number of sulfonamides is 1. The van der Waals surface area contributed by atoms with Crippen molar-refractivity contribution in [3.63, 3.8) is 0 Å². The number of carbonyl (C=O) groups is 1. The van der Waals surface area contributed by atoms with Crippen LogP contribution < -0.4 is 15.3 Å². The number of aromatic nitrogens is 2. The summed E-state index contributed by atoms with van der Waals surface area (Å²) in [7, 11) is -0.656. The van der Waals surface area contributed by atoms with Crippen LogP contribution in [0.25, 0.3) is 11.0 Å². The first-order chi connectivity index (χ1) is 16.6. The topological polar surface area (TPSA) is 93.4 Å². The van der Waals surface area contributed by atoms with Gasteiger partial charge in [-0.2, -0.15) is 0 Å². The van der Waals surface area contributed by atoms with Crippen LogP contribution >= 0.6 is 0 Å². The summed E-state index contributed by atoms with van der Waals surface area (Å²) in [4.78, 5) is 25.4. The van der Waals surface area contributed by atoms with Crippen molar-refractivity contribution in [1.29, 1.82) is 0 Å². The van der Waals surface area contributed by atoms with Crippen LogP contribution in [0.3, 0.4) is 0 Å². The Labute approximate surface area is 204 Å². The first-order valence-electron chi connectivity index (χ1n) is 11.2. The number of hydrogen-bond acceptors (Lipinski definition) is 4. The minimum absolute atomic E-state index is 0.0986. The number of carbonyl (C=O) groups excluding carboxylic acids is 1. The molecule has 1 amide bonds. The van der Waals surface area contributed by atoms with Gasteiger partial charge in [0.15, 0.2) is 0 Å². The molecule has 0 aliphatic carbocycles. The van der Waals surface area contributed by atoms with Crippen LogP contribution in [-0.2, 0) is 28.9 Å². The fourth-order valence-electron chi connectivity index (χ4n) is 3.98. The Morgan fingerprint density at radius 3 is 2.17 bits per heavy atom. The van der Waals surface area contributed by atoms with Crippen LogP contribution in [0.4, 0.5) is 11.4 Å². The summed E-state index contributed by atoms with van der Waals surface area (Å²) in [6.07, 6.45) is 0. The molecule has 0 atom stereocenters. The third kappa shape index (κ3) is 4.72. The van der Waals surface area contributed by atoms with E-state index in [1.54, 1.807) is 62.6 Å². The fourth-order valence-corrected chi connectivity index (χ4v) is 5.42. The molecule has 0 spiro atoms. The molecule has 3 aromatic carbocycles. The maximum Gasteiger partial charge on any atom is 0.328 e. The predicted molar refractivity (Wildman–Crippen MR) is 138 cm³/mol. The first kappa shape index (κ1) is 24.3. The molecule has 0 fully saturated rings. The molecular weight excluding hydrogens is 464 g/mol. The number of rotatable bonds is 7. The van der Waals surface area contributed by atoms with Gasteiger partial charge in [-0.1, -0.05) is 44.2 Å². The molecule has 1 aromatic heterocycles. The van der Waals surface area contributed by atoms with Gasteiger partial charge in [0.2, 0.25) is 5.91 Å². The van der Waals surface area contributed by atoms with E-state index in [0.29, 0.717) is 16.9 Å². The molecule has 0 aliphatic rings. The Hall–Kier alpha value is -3.85. The maximum absolute atomic E-state index is 13.5. The average Bonchev–Trinajstić information content (AvgIpc) is 3.06. The largest absolute Gasteiger partial charge is 0.328 e. The minimum Gasteiger partial charge on any atom is -0.324 e. The summed E-state index contributed by atoms with van der Waals surface area (Å²) in [5, 5.41) is 2.77. The van der Waals surface area contributed by atoms with Gasteiger partial charge in [0.1, 0.15) is 6.54 Å². The van der Waals surface area contributed by atoms with E-state index < -0.39 is 22.5 Å². The number of amides is 1. The molecule has 0 saturated heterocycles. The zero-order chi connectivity index (χ0) is 25.3. The first-order valence-corrected chi connectivity index (χ1v) is 12.7. The van der Waals surface area contributed by atoms with Crippen molar-refractivity contribution < 1.29 is 13.2 Å². The second-order valence-corrected chi connectivity index (χ2v) is 10.6. The lowest BCUT2D eigenvalue weighted by Gasteiger charge is -2.24. The van der Waals surface area contributed by atoms with E-state index in [0.717, 1.165) is 15.4 Å². The van der Waals surface area contributed by atoms with Crippen molar-refractivity contribution in [1.82, 2.24) is 9.13 Å². The molecule has 1 N–H and O–H groups in total. The van der Waals surface area contributed by atoms with E-state index in [2.05, 4.69) is 19.2 Å². The van der Waals surface area contributed by atoms with Gasteiger partial charge in [0.25, 0.3) is 10.0 Å². The van der Waals surface area contributed by atoms with Crippen molar-refractivity contribution in [2.75, 3.05) is 16.2 Å². The van der Waals surface area contributed by atoms with Crippen molar-refractivity contribution in [3.8, 4) is 0 Å². The van der Waals surface area contributed by atoms with Gasteiger partial charge in [0.05, 0.1) is 21.6 Å². The highest BCUT2D eigenvalue weighted by molar-refractivity contribution is 7.92. The number of hydrogen-bond donors (Lipinski definition) is 1. The van der Waals surface area contributed by atoms with Crippen LogP contribution in [0, 0.1) is 0 Å². The number of imidazole rings is 1. The van der Waals surface area contributed by atoms with E-state index in [-0.39, 0.29) is 16.5 Å². The van der Waals surface area contributed by atoms with E-state index in [4.69, 9.17) is 0 Å². The molecule has 35 heavy (non-hydrogen) atoms. The summed E-state index contributed by atoms with van der Waals surface area (Å²) in [5.74, 6) is -0.215. The summed E-state index contributed by atoms with van der Waals surface area (Å²) >= 11 is 0.